The first-order valence-corrected chi connectivity index (χ1v) is 6.10. The summed E-state index contributed by atoms with van der Waals surface area (Å²) < 4.78 is 0. The van der Waals surface area contributed by atoms with Gasteiger partial charge in [0.15, 0.2) is 0 Å². The van der Waals surface area contributed by atoms with Crippen LogP contribution in [0.5, 0.6) is 0 Å². The Labute approximate surface area is 104 Å². The van der Waals surface area contributed by atoms with Crippen LogP contribution >= 0.6 is 0 Å². The first kappa shape index (κ1) is 16.4. The van der Waals surface area contributed by atoms with Crippen LogP contribution in [0.15, 0.2) is 0 Å². The molecule has 0 aliphatic carbocycles. The summed E-state index contributed by atoms with van der Waals surface area (Å²) in [5, 5.41) is 28.1. The number of hydrogen-bond donors (Lipinski definition) is 3. The van der Waals surface area contributed by atoms with Gasteiger partial charge in [0.2, 0.25) is 0 Å². The highest BCUT2D eigenvalue weighted by molar-refractivity contribution is 5.70. The van der Waals surface area contributed by atoms with Crippen molar-refractivity contribution in [3.05, 3.63) is 0 Å². The SMILES string of the molecule is CC(C(=O)O)C(C)(C)C(C)(C)C(O)CCCO. The molecular weight excluding hydrogens is 220 g/mol. The van der Waals surface area contributed by atoms with Crippen molar-refractivity contribution in [3.8, 4) is 0 Å². The van der Waals surface area contributed by atoms with E-state index in [1.54, 1.807) is 6.92 Å². The van der Waals surface area contributed by atoms with Gasteiger partial charge in [-0.1, -0.05) is 34.6 Å². The summed E-state index contributed by atoms with van der Waals surface area (Å²) in [7, 11) is 0. The Morgan fingerprint density at radius 2 is 1.65 bits per heavy atom. The van der Waals surface area contributed by atoms with Crippen molar-refractivity contribution in [1.29, 1.82) is 0 Å². The number of carbonyl (C=O) groups is 1. The highest BCUT2D eigenvalue weighted by Gasteiger charge is 2.47. The summed E-state index contributed by atoms with van der Waals surface area (Å²) in [4.78, 5) is 11.1. The van der Waals surface area contributed by atoms with Crippen molar-refractivity contribution in [3.63, 3.8) is 0 Å². The summed E-state index contributed by atoms with van der Waals surface area (Å²) in [5.41, 5.74) is -1.06. The molecule has 2 atom stereocenters. The zero-order chi connectivity index (χ0) is 13.9. The molecule has 0 spiro atoms. The van der Waals surface area contributed by atoms with Gasteiger partial charge in [0, 0.05) is 6.61 Å². The van der Waals surface area contributed by atoms with E-state index in [0.717, 1.165) is 0 Å². The molecule has 0 saturated carbocycles. The fraction of sp³-hybridized carbons (Fsp3) is 0.923. The number of aliphatic hydroxyl groups excluding tert-OH is 2. The Hall–Kier alpha value is -0.610. The average Bonchev–Trinajstić information content (AvgIpc) is 2.23. The van der Waals surface area contributed by atoms with Gasteiger partial charge in [-0.05, 0) is 23.7 Å². The van der Waals surface area contributed by atoms with Gasteiger partial charge < -0.3 is 15.3 Å². The molecule has 4 nitrogen and oxygen atoms in total. The van der Waals surface area contributed by atoms with Gasteiger partial charge in [0.25, 0.3) is 0 Å². The Balaban J connectivity index is 4.94. The fourth-order valence-corrected chi connectivity index (χ4v) is 1.94. The van der Waals surface area contributed by atoms with Gasteiger partial charge in [-0.2, -0.15) is 0 Å². The normalized spacial score (nSPS) is 16.6. The lowest BCUT2D eigenvalue weighted by atomic mass is 9.58. The zero-order valence-corrected chi connectivity index (χ0v) is 11.5. The molecule has 102 valence electrons. The quantitative estimate of drug-likeness (QED) is 0.641. The second-order valence-electron chi connectivity index (χ2n) is 5.88. The summed E-state index contributed by atoms with van der Waals surface area (Å²) in [6.45, 7) is 9.22. The van der Waals surface area contributed by atoms with E-state index in [2.05, 4.69) is 0 Å². The average molecular weight is 246 g/mol. The molecule has 0 aromatic rings. The third kappa shape index (κ3) is 3.42. The van der Waals surface area contributed by atoms with E-state index in [4.69, 9.17) is 10.2 Å². The summed E-state index contributed by atoms with van der Waals surface area (Å²) in [5.74, 6) is -1.39. The minimum Gasteiger partial charge on any atom is -0.481 e. The maximum Gasteiger partial charge on any atom is 0.306 e. The van der Waals surface area contributed by atoms with Crippen LogP contribution in [0.1, 0.15) is 47.5 Å². The predicted molar refractivity (Wildman–Crippen MR) is 66.7 cm³/mol. The van der Waals surface area contributed by atoms with Crippen LogP contribution in [-0.4, -0.2) is 34.0 Å². The first-order chi connectivity index (χ1) is 7.59. The van der Waals surface area contributed by atoms with Crippen LogP contribution in [0, 0.1) is 16.7 Å². The third-order valence-corrected chi connectivity index (χ3v) is 4.58. The van der Waals surface area contributed by atoms with Crippen molar-refractivity contribution in [2.24, 2.45) is 16.7 Å². The van der Waals surface area contributed by atoms with Crippen molar-refractivity contribution in [2.75, 3.05) is 6.61 Å². The number of aliphatic hydroxyl groups is 2. The highest BCUT2D eigenvalue weighted by atomic mass is 16.4. The smallest absolute Gasteiger partial charge is 0.306 e. The molecule has 0 saturated heterocycles. The minimum absolute atomic E-state index is 0.0437. The standard InChI is InChI=1S/C13H26O4/c1-9(11(16)17)12(2,3)13(4,5)10(15)7-6-8-14/h9-10,14-15H,6-8H2,1-5H3,(H,16,17). The number of aliphatic carboxylic acids is 1. The lowest BCUT2D eigenvalue weighted by molar-refractivity contribution is -0.152. The van der Waals surface area contributed by atoms with Crippen LogP contribution in [0.25, 0.3) is 0 Å². The molecular formula is C13H26O4. The lowest BCUT2D eigenvalue weighted by Gasteiger charge is -2.47. The van der Waals surface area contributed by atoms with Gasteiger partial charge in [0.05, 0.1) is 12.0 Å². The molecule has 0 heterocycles. The molecule has 3 N–H and O–H groups in total. The van der Waals surface area contributed by atoms with Crippen molar-refractivity contribution >= 4 is 5.97 Å². The Morgan fingerprint density at radius 1 is 1.18 bits per heavy atom. The highest BCUT2D eigenvalue weighted by Crippen LogP contribution is 2.47. The fourth-order valence-electron chi connectivity index (χ4n) is 1.94. The van der Waals surface area contributed by atoms with Crippen molar-refractivity contribution in [2.45, 2.75) is 53.6 Å². The van der Waals surface area contributed by atoms with Gasteiger partial charge in [-0.15, -0.1) is 0 Å². The molecule has 17 heavy (non-hydrogen) atoms. The number of carboxylic acids is 1. The van der Waals surface area contributed by atoms with Crippen LogP contribution in [0.3, 0.4) is 0 Å². The molecule has 0 rings (SSSR count). The largest absolute Gasteiger partial charge is 0.481 e. The summed E-state index contributed by atoms with van der Waals surface area (Å²) in [6.07, 6.45) is 0.396. The minimum atomic E-state index is -0.850. The van der Waals surface area contributed by atoms with E-state index in [9.17, 15) is 9.90 Å². The number of hydrogen-bond acceptors (Lipinski definition) is 3. The Kier molecular flexibility index (Phi) is 5.62. The molecule has 0 fully saturated rings. The molecule has 0 amide bonds. The monoisotopic (exact) mass is 246 g/mol. The van der Waals surface area contributed by atoms with E-state index in [-0.39, 0.29) is 6.61 Å². The predicted octanol–water partition coefficient (Wildman–Crippen LogP) is 1.89. The molecule has 0 radical (unpaired) electrons. The molecule has 0 aliphatic rings. The van der Waals surface area contributed by atoms with Crippen LogP contribution < -0.4 is 0 Å². The molecule has 0 aromatic carbocycles. The van der Waals surface area contributed by atoms with Gasteiger partial charge in [-0.3, -0.25) is 4.79 Å². The van der Waals surface area contributed by atoms with E-state index in [1.165, 1.54) is 0 Å². The maximum atomic E-state index is 11.1. The number of carboxylic acid groups (broad SMARTS) is 1. The van der Waals surface area contributed by atoms with Crippen LogP contribution in [0.4, 0.5) is 0 Å². The Morgan fingerprint density at radius 3 is 2.00 bits per heavy atom. The maximum absolute atomic E-state index is 11.1. The topological polar surface area (TPSA) is 77.8 Å². The second kappa shape index (κ2) is 5.83. The molecule has 0 aliphatic heterocycles. The van der Waals surface area contributed by atoms with Crippen LogP contribution in [0.2, 0.25) is 0 Å². The second-order valence-corrected chi connectivity index (χ2v) is 5.88. The van der Waals surface area contributed by atoms with Gasteiger partial charge in [-0.25, -0.2) is 0 Å². The first-order valence-electron chi connectivity index (χ1n) is 6.10. The van der Waals surface area contributed by atoms with Crippen molar-refractivity contribution in [1.82, 2.24) is 0 Å². The molecule has 2 unspecified atom stereocenters. The summed E-state index contributed by atoms with van der Waals surface area (Å²) in [6, 6.07) is 0. The lowest BCUT2D eigenvalue weighted by Crippen LogP contribution is -2.48. The zero-order valence-electron chi connectivity index (χ0n) is 11.5. The van der Waals surface area contributed by atoms with Crippen LogP contribution in [-0.2, 0) is 4.79 Å². The summed E-state index contributed by atoms with van der Waals surface area (Å²) >= 11 is 0. The van der Waals surface area contributed by atoms with E-state index in [1.807, 2.05) is 27.7 Å². The third-order valence-electron chi connectivity index (χ3n) is 4.58. The van der Waals surface area contributed by atoms with E-state index in [0.29, 0.717) is 12.8 Å². The number of rotatable bonds is 7. The van der Waals surface area contributed by atoms with Gasteiger partial charge in [0.1, 0.15) is 0 Å². The van der Waals surface area contributed by atoms with Gasteiger partial charge >= 0.3 is 5.97 Å². The molecule has 0 aromatic heterocycles. The van der Waals surface area contributed by atoms with Crippen molar-refractivity contribution < 1.29 is 20.1 Å². The Bertz CT molecular complexity index is 258. The van der Waals surface area contributed by atoms with E-state index >= 15 is 0 Å². The molecule has 0 bridgehead atoms. The molecule has 4 heteroatoms. The van der Waals surface area contributed by atoms with E-state index < -0.39 is 28.8 Å².